The van der Waals surface area contributed by atoms with Gasteiger partial charge in [-0.3, -0.25) is 0 Å². The molecule has 2 N–H and O–H groups in total. The number of rotatable bonds is 6. The summed E-state index contributed by atoms with van der Waals surface area (Å²) in [4.78, 5) is 10.6. The van der Waals surface area contributed by atoms with Gasteiger partial charge in [-0.1, -0.05) is 18.2 Å². The summed E-state index contributed by atoms with van der Waals surface area (Å²) in [5.74, 6) is 0.120. The summed E-state index contributed by atoms with van der Waals surface area (Å²) in [5.41, 5.74) is 0.739. The molecule has 1 atom stereocenters. The largest absolute Gasteiger partial charge is 0.493 e. The van der Waals surface area contributed by atoms with Crippen LogP contribution >= 0.6 is 0 Å². The van der Waals surface area contributed by atoms with E-state index in [1.165, 1.54) is 12.8 Å². The number of benzene rings is 1. The lowest BCUT2D eigenvalue weighted by molar-refractivity contribution is -0.146. The van der Waals surface area contributed by atoms with Gasteiger partial charge in [0, 0.05) is 6.42 Å². The SMILES string of the molecule is O=C(O)[C@H](O)Cc1ccccc1OCC1CC1. The fraction of sp³-hybridized carbons (Fsp3) is 0.462. The van der Waals surface area contributed by atoms with Crippen LogP contribution in [0, 0.1) is 5.92 Å². The highest BCUT2D eigenvalue weighted by Gasteiger charge is 2.23. The summed E-state index contributed by atoms with van der Waals surface area (Å²) < 4.78 is 5.64. The smallest absolute Gasteiger partial charge is 0.332 e. The molecule has 4 heteroatoms. The zero-order valence-electron chi connectivity index (χ0n) is 9.50. The topological polar surface area (TPSA) is 66.8 Å². The van der Waals surface area contributed by atoms with Gasteiger partial charge in [-0.25, -0.2) is 4.79 Å². The second kappa shape index (κ2) is 5.19. The van der Waals surface area contributed by atoms with Crippen molar-refractivity contribution in [2.24, 2.45) is 5.92 Å². The molecule has 0 radical (unpaired) electrons. The minimum atomic E-state index is -1.37. The third kappa shape index (κ3) is 3.46. The molecule has 0 amide bonds. The Labute approximate surface area is 99.8 Å². The van der Waals surface area contributed by atoms with E-state index in [0.29, 0.717) is 18.3 Å². The highest BCUT2D eigenvalue weighted by Crippen LogP contribution is 2.30. The molecule has 1 fully saturated rings. The van der Waals surface area contributed by atoms with Crippen molar-refractivity contribution in [1.82, 2.24) is 0 Å². The average molecular weight is 236 g/mol. The van der Waals surface area contributed by atoms with E-state index in [0.717, 1.165) is 5.56 Å². The number of carboxylic acids is 1. The lowest BCUT2D eigenvalue weighted by Crippen LogP contribution is -2.22. The van der Waals surface area contributed by atoms with Gasteiger partial charge in [0.2, 0.25) is 0 Å². The molecule has 0 spiro atoms. The molecular weight excluding hydrogens is 220 g/mol. The highest BCUT2D eigenvalue weighted by molar-refractivity contribution is 5.72. The zero-order chi connectivity index (χ0) is 12.3. The van der Waals surface area contributed by atoms with Crippen LogP contribution in [-0.4, -0.2) is 28.9 Å². The van der Waals surface area contributed by atoms with E-state index in [-0.39, 0.29) is 6.42 Å². The van der Waals surface area contributed by atoms with Crippen molar-refractivity contribution in [1.29, 1.82) is 0 Å². The van der Waals surface area contributed by atoms with Gasteiger partial charge < -0.3 is 14.9 Å². The molecule has 0 aliphatic heterocycles. The fourth-order valence-corrected chi connectivity index (χ4v) is 1.60. The Kier molecular flexibility index (Phi) is 3.64. The molecule has 0 saturated heterocycles. The van der Waals surface area contributed by atoms with E-state index in [4.69, 9.17) is 9.84 Å². The Balaban J connectivity index is 2.00. The van der Waals surface area contributed by atoms with Gasteiger partial charge >= 0.3 is 5.97 Å². The van der Waals surface area contributed by atoms with Crippen LogP contribution in [0.15, 0.2) is 24.3 Å². The van der Waals surface area contributed by atoms with Crippen molar-refractivity contribution in [3.05, 3.63) is 29.8 Å². The van der Waals surface area contributed by atoms with Gasteiger partial charge in [0.05, 0.1) is 6.61 Å². The van der Waals surface area contributed by atoms with Crippen molar-refractivity contribution in [3.63, 3.8) is 0 Å². The lowest BCUT2D eigenvalue weighted by Gasteiger charge is -2.12. The molecule has 1 saturated carbocycles. The van der Waals surface area contributed by atoms with E-state index < -0.39 is 12.1 Å². The first-order chi connectivity index (χ1) is 8.16. The van der Waals surface area contributed by atoms with Gasteiger partial charge in [0.25, 0.3) is 0 Å². The number of ether oxygens (including phenoxy) is 1. The van der Waals surface area contributed by atoms with Gasteiger partial charge in [0.15, 0.2) is 6.10 Å². The van der Waals surface area contributed by atoms with Gasteiger partial charge in [-0.15, -0.1) is 0 Å². The van der Waals surface area contributed by atoms with E-state index in [9.17, 15) is 9.90 Å². The summed E-state index contributed by atoms with van der Waals surface area (Å²) in [5, 5.41) is 18.0. The molecule has 0 aromatic heterocycles. The molecule has 0 unspecified atom stereocenters. The minimum Gasteiger partial charge on any atom is -0.493 e. The number of carboxylic acid groups (broad SMARTS) is 1. The van der Waals surface area contributed by atoms with Crippen molar-refractivity contribution in [2.45, 2.75) is 25.4 Å². The lowest BCUT2D eigenvalue weighted by atomic mass is 10.1. The van der Waals surface area contributed by atoms with Crippen molar-refractivity contribution in [2.75, 3.05) is 6.61 Å². The van der Waals surface area contributed by atoms with Crippen molar-refractivity contribution < 1.29 is 19.7 Å². The Morgan fingerprint density at radius 2 is 2.12 bits per heavy atom. The van der Waals surface area contributed by atoms with Crippen LogP contribution in [0.5, 0.6) is 5.75 Å². The average Bonchev–Trinajstić information content (AvgIpc) is 3.11. The summed E-state index contributed by atoms with van der Waals surface area (Å²) in [6, 6.07) is 7.26. The van der Waals surface area contributed by atoms with E-state index in [1.807, 2.05) is 18.2 Å². The number of aliphatic hydroxyl groups is 1. The molecule has 1 aliphatic rings. The second-order valence-corrected chi connectivity index (χ2v) is 4.42. The third-order valence-electron chi connectivity index (χ3n) is 2.84. The van der Waals surface area contributed by atoms with Gasteiger partial charge in [-0.2, -0.15) is 0 Å². The maximum Gasteiger partial charge on any atom is 0.332 e. The Bertz CT molecular complexity index is 398. The number of hydrogen-bond donors (Lipinski definition) is 2. The summed E-state index contributed by atoms with van der Waals surface area (Å²) in [7, 11) is 0. The van der Waals surface area contributed by atoms with Crippen molar-refractivity contribution >= 4 is 5.97 Å². The minimum absolute atomic E-state index is 0.0795. The van der Waals surface area contributed by atoms with Crippen LogP contribution in [-0.2, 0) is 11.2 Å². The monoisotopic (exact) mass is 236 g/mol. The molecule has 0 bridgehead atoms. The standard InChI is InChI=1S/C13H16O4/c14-11(13(15)16)7-10-3-1-2-4-12(10)17-8-9-5-6-9/h1-4,9,11,14H,5-8H2,(H,15,16)/t11-/m1/s1. The first kappa shape index (κ1) is 11.9. The molecule has 4 nitrogen and oxygen atoms in total. The van der Waals surface area contributed by atoms with E-state index in [1.54, 1.807) is 6.07 Å². The quantitative estimate of drug-likeness (QED) is 0.784. The number of carbonyl (C=O) groups is 1. The molecule has 0 heterocycles. The van der Waals surface area contributed by atoms with Crippen LogP contribution in [0.3, 0.4) is 0 Å². The Hall–Kier alpha value is -1.55. The normalized spacial score (nSPS) is 16.5. The first-order valence-corrected chi connectivity index (χ1v) is 5.78. The van der Waals surface area contributed by atoms with Gasteiger partial charge in [0.1, 0.15) is 5.75 Å². The van der Waals surface area contributed by atoms with Crippen molar-refractivity contribution in [3.8, 4) is 5.75 Å². The summed E-state index contributed by atoms with van der Waals surface area (Å²) in [6.07, 6.45) is 1.12. The zero-order valence-corrected chi connectivity index (χ0v) is 9.50. The van der Waals surface area contributed by atoms with Crippen LogP contribution in [0.25, 0.3) is 0 Å². The molecule has 1 aliphatic carbocycles. The second-order valence-electron chi connectivity index (χ2n) is 4.42. The summed E-state index contributed by atoms with van der Waals surface area (Å²) in [6.45, 7) is 0.681. The molecule has 17 heavy (non-hydrogen) atoms. The van der Waals surface area contributed by atoms with E-state index in [2.05, 4.69) is 0 Å². The predicted molar refractivity (Wildman–Crippen MR) is 62.0 cm³/mol. The molecule has 2 rings (SSSR count). The summed E-state index contributed by atoms with van der Waals surface area (Å²) >= 11 is 0. The third-order valence-corrected chi connectivity index (χ3v) is 2.84. The maximum atomic E-state index is 10.6. The van der Waals surface area contributed by atoms with Crippen LogP contribution in [0.4, 0.5) is 0 Å². The number of hydrogen-bond acceptors (Lipinski definition) is 3. The number of aliphatic hydroxyl groups excluding tert-OH is 1. The van der Waals surface area contributed by atoms with E-state index >= 15 is 0 Å². The fourth-order valence-electron chi connectivity index (χ4n) is 1.60. The molecule has 1 aromatic rings. The number of para-hydroxylation sites is 1. The van der Waals surface area contributed by atoms with Crippen LogP contribution in [0.2, 0.25) is 0 Å². The molecule has 92 valence electrons. The first-order valence-electron chi connectivity index (χ1n) is 5.78. The molecule has 1 aromatic carbocycles. The highest BCUT2D eigenvalue weighted by atomic mass is 16.5. The number of aliphatic carboxylic acids is 1. The Morgan fingerprint density at radius 3 is 2.76 bits per heavy atom. The predicted octanol–water partition coefficient (Wildman–Crippen LogP) is 1.46. The maximum absolute atomic E-state index is 10.6. The molecular formula is C13H16O4. The van der Waals surface area contributed by atoms with Crippen LogP contribution in [0.1, 0.15) is 18.4 Å². The van der Waals surface area contributed by atoms with Gasteiger partial charge in [-0.05, 0) is 30.4 Å². The van der Waals surface area contributed by atoms with Crippen LogP contribution < -0.4 is 4.74 Å². The Morgan fingerprint density at radius 1 is 1.41 bits per heavy atom.